The molecule has 2 heterocycles. The van der Waals surface area contributed by atoms with Gasteiger partial charge in [-0.05, 0) is 67.2 Å². The van der Waals surface area contributed by atoms with Gasteiger partial charge < -0.3 is 9.73 Å². The third-order valence-electron chi connectivity index (χ3n) is 4.36. The Hall–Kier alpha value is -0.320. The minimum Gasteiger partial charge on any atom is -0.453 e. The highest BCUT2D eigenvalue weighted by atomic mass is 79.9. The molecule has 2 aliphatic rings. The van der Waals surface area contributed by atoms with Crippen molar-refractivity contribution in [1.82, 2.24) is 10.2 Å². The van der Waals surface area contributed by atoms with Crippen LogP contribution in [0.3, 0.4) is 0 Å². The lowest BCUT2D eigenvalue weighted by molar-refractivity contribution is 0.150. The fourth-order valence-electron chi connectivity index (χ4n) is 3.08. The van der Waals surface area contributed by atoms with Crippen LogP contribution >= 0.6 is 15.9 Å². The van der Waals surface area contributed by atoms with Crippen LogP contribution in [0.2, 0.25) is 0 Å². The fourth-order valence-corrected chi connectivity index (χ4v) is 3.40. The minimum atomic E-state index is 0.377. The van der Waals surface area contributed by atoms with Gasteiger partial charge in [0.25, 0.3) is 0 Å². The minimum absolute atomic E-state index is 0.377. The molecule has 19 heavy (non-hydrogen) atoms. The zero-order valence-corrected chi connectivity index (χ0v) is 13.2. The Balaban J connectivity index is 1.66. The number of furan rings is 1. The van der Waals surface area contributed by atoms with Gasteiger partial charge in [-0.2, -0.15) is 0 Å². The number of nitrogens with zero attached hydrogens (tertiary/aromatic N) is 1. The first-order chi connectivity index (χ1) is 9.24. The molecule has 106 valence electrons. The molecule has 1 aliphatic carbocycles. The molecule has 0 spiro atoms. The molecule has 4 heteroatoms. The molecule has 0 bridgehead atoms. The molecule has 2 unspecified atom stereocenters. The molecule has 0 aromatic carbocycles. The summed E-state index contributed by atoms with van der Waals surface area (Å²) in [7, 11) is 0. The molecule has 1 aliphatic heterocycles. The Morgan fingerprint density at radius 1 is 1.37 bits per heavy atom. The highest BCUT2D eigenvalue weighted by Gasteiger charge is 2.35. The second-order valence-corrected chi connectivity index (χ2v) is 6.67. The van der Waals surface area contributed by atoms with Crippen LogP contribution in [0, 0.1) is 0 Å². The van der Waals surface area contributed by atoms with Crippen molar-refractivity contribution >= 4 is 15.9 Å². The molecule has 1 aromatic heterocycles. The van der Waals surface area contributed by atoms with Gasteiger partial charge >= 0.3 is 0 Å². The molecular weight excluding hydrogens is 304 g/mol. The SMILES string of the molecule is CC(c1ccc(Br)o1)N(CC1CCCCN1)C1CC1. The van der Waals surface area contributed by atoms with E-state index in [4.69, 9.17) is 4.42 Å². The Bertz CT molecular complexity index is 410. The van der Waals surface area contributed by atoms with Crippen molar-refractivity contribution in [3.05, 3.63) is 22.6 Å². The smallest absolute Gasteiger partial charge is 0.169 e. The van der Waals surface area contributed by atoms with Crippen LogP contribution in [0.1, 0.15) is 50.8 Å². The van der Waals surface area contributed by atoms with Crippen molar-refractivity contribution in [2.75, 3.05) is 13.1 Å². The van der Waals surface area contributed by atoms with E-state index in [1.807, 2.05) is 6.07 Å². The molecule has 0 radical (unpaired) electrons. The van der Waals surface area contributed by atoms with Gasteiger partial charge in [-0.25, -0.2) is 0 Å². The Morgan fingerprint density at radius 3 is 2.79 bits per heavy atom. The first-order valence-corrected chi connectivity index (χ1v) is 8.27. The van der Waals surface area contributed by atoms with Crippen LogP contribution in [-0.4, -0.2) is 30.1 Å². The molecule has 2 fully saturated rings. The van der Waals surface area contributed by atoms with Crippen LogP contribution in [0.5, 0.6) is 0 Å². The van der Waals surface area contributed by atoms with Crippen LogP contribution < -0.4 is 5.32 Å². The van der Waals surface area contributed by atoms with E-state index < -0.39 is 0 Å². The Kier molecular flexibility index (Phi) is 4.30. The topological polar surface area (TPSA) is 28.4 Å². The average Bonchev–Trinajstić information content (AvgIpc) is 3.18. The number of rotatable bonds is 5. The number of nitrogens with one attached hydrogen (secondary N) is 1. The van der Waals surface area contributed by atoms with Crippen LogP contribution in [0.4, 0.5) is 0 Å². The summed E-state index contributed by atoms with van der Waals surface area (Å²) in [6.07, 6.45) is 6.72. The predicted molar refractivity (Wildman–Crippen MR) is 80.2 cm³/mol. The van der Waals surface area contributed by atoms with Gasteiger partial charge in [-0.1, -0.05) is 6.42 Å². The Morgan fingerprint density at radius 2 is 2.21 bits per heavy atom. The maximum absolute atomic E-state index is 5.75. The third kappa shape index (κ3) is 3.41. The number of halogens is 1. The van der Waals surface area contributed by atoms with Gasteiger partial charge in [0.2, 0.25) is 0 Å². The van der Waals surface area contributed by atoms with Crippen LogP contribution in [0.25, 0.3) is 0 Å². The molecule has 1 saturated heterocycles. The zero-order chi connectivity index (χ0) is 13.2. The predicted octanol–water partition coefficient (Wildman–Crippen LogP) is 3.71. The molecule has 3 rings (SSSR count). The van der Waals surface area contributed by atoms with E-state index in [2.05, 4.69) is 39.1 Å². The summed E-state index contributed by atoms with van der Waals surface area (Å²) < 4.78 is 6.58. The van der Waals surface area contributed by atoms with Crippen LogP contribution in [-0.2, 0) is 0 Å². The number of hydrogen-bond acceptors (Lipinski definition) is 3. The van der Waals surface area contributed by atoms with E-state index in [-0.39, 0.29) is 0 Å². The number of piperidine rings is 1. The van der Waals surface area contributed by atoms with Gasteiger partial charge in [-0.3, -0.25) is 4.90 Å². The standard InChI is InChI=1S/C15H23BrN2O/c1-11(14-7-8-15(16)19-14)18(13-5-6-13)10-12-4-2-3-9-17-12/h7-8,11-13,17H,2-6,9-10H2,1H3. The van der Waals surface area contributed by atoms with Gasteiger partial charge in [-0.15, -0.1) is 0 Å². The van der Waals surface area contributed by atoms with Crippen molar-refractivity contribution in [2.24, 2.45) is 0 Å². The van der Waals surface area contributed by atoms with Crippen molar-refractivity contribution in [3.63, 3.8) is 0 Å². The second-order valence-electron chi connectivity index (χ2n) is 5.89. The summed E-state index contributed by atoms with van der Waals surface area (Å²) >= 11 is 3.40. The summed E-state index contributed by atoms with van der Waals surface area (Å²) in [6, 6.07) is 5.90. The lowest BCUT2D eigenvalue weighted by Gasteiger charge is -2.33. The lowest BCUT2D eigenvalue weighted by Crippen LogP contribution is -2.45. The summed E-state index contributed by atoms with van der Waals surface area (Å²) in [4.78, 5) is 2.63. The lowest BCUT2D eigenvalue weighted by atomic mass is 10.0. The van der Waals surface area contributed by atoms with Crippen molar-refractivity contribution in [2.45, 2.75) is 57.2 Å². The molecule has 0 amide bonds. The zero-order valence-electron chi connectivity index (χ0n) is 11.6. The molecule has 3 nitrogen and oxygen atoms in total. The molecule has 1 N–H and O–H groups in total. The van der Waals surface area contributed by atoms with E-state index in [9.17, 15) is 0 Å². The van der Waals surface area contributed by atoms with E-state index in [0.717, 1.165) is 23.0 Å². The summed E-state index contributed by atoms with van der Waals surface area (Å²) in [5.74, 6) is 1.08. The summed E-state index contributed by atoms with van der Waals surface area (Å²) in [5, 5.41) is 3.66. The second kappa shape index (κ2) is 5.98. The largest absolute Gasteiger partial charge is 0.453 e. The van der Waals surface area contributed by atoms with Gasteiger partial charge in [0.1, 0.15) is 5.76 Å². The highest BCUT2D eigenvalue weighted by Crippen LogP contribution is 2.35. The normalized spacial score (nSPS) is 25.7. The fraction of sp³-hybridized carbons (Fsp3) is 0.733. The maximum atomic E-state index is 5.75. The highest BCUT2D eigenvalue weighted by molar-refractivity contribution is 9.10. The maximum Gasteiger partial charge on any atom is 0.169 e. The average molecular weight is 327 g/mol. The molecule has 2 atom stereocenters. The van der Waals surface area contributed by atoms with Crippen LogP contribution in [0.15, 0.2) is 21.2 Å². The molecule has 1 saturated carbocycles. The van der Waals surface area contributed by atoms with Crippen molar-refractivity contribution in [1.29, 1.82) is 0 Å². The van der Waals surface area contributed by atoms with Gasteiger partial charge in [0.15, 0.2) is 4.67 Å². The van der Waals surface area contributed by atoms with Crippen molar-refractivity contribution in [3.8, 4) is 0 Å². The van der Waals surface area contributed by atoms with Gasteiger partial charge in [0.05, 0.1) is 6.04 Å². The monoisotopic (exact) mass is 326 g/mol. The van der Waals surface area contributed by atoms with Crippen molar-refractivity contribution < 1.29 is 4.42 Å². The number of hydrogen-bond donors (Lipinski definition) is 1. The van der Waals surface area contributed by atoms with Gasteiger partial charge in [0, 0.05) is 18.6 Å². The first-order valence-electron chi connectivity index (χ1n) is 7.48. The quantitative estimate of drug-likeness (QED) is 0.894. The van der Waals surface area contributed by atoms with E-state index in [0.29, 0.717) is 12.1 Å². The first kappa shape index (κ1) is 13.7. The van der Waals surface area contributed by atoms with E-state index >= 15 is 0 Å². The Labute approximate surface area is 123 Å². The van der Waals surface area contributed by atoms with E-state index in [1.165, 1.54) is 38.6 Å². The summed E-state index contributed by atoms with van der Waals surface area (Å²) in [5.41, 5.74) is 0. The molecule has 1 aromatic rings. The van der Waals surface area contributed by atoms with E-state index in [1.54, 1.807) is 0 Å². The third-order valence-corrected chi connectivity index (χ3v) is 4.79. The summed E-state index contributed by atoms with van der Waals surface area (Å²) in [6.45, 7) is 4.61. The molecular formula is C15H23BrN2O.